The molecule has 1 aromatic rings. The summed E-state index contributed by atoms with van der Waals surface area (Å²) in [5.41, 5.74) is 1.33. The van der Waals surface area contributed by atoms with E-state index in [1.54, 1.807) is 24.3 Å². The highest BCUT2D eigenvalue weighted by Crippen LogP contribution is 2.10. The Morgan fingerprint density at radius 2 is 1.88 bits per heavy atom. The SMILES string of the molecule is CC(=O)Nc1ccc(CCS(=O)(=O)F)cc1. The Bertz CT molecular complexity index is 467. The first-order valence-electron chi connectivity index (χ1n) is 4.66. The van der Waals surface area contributed by atoms with Crippen molar-refractivity contribution in [1.82, 2.24) is 0 Å². The number of halogens is 1. The van der Waals surface area contributed by atoms with Crippen molar-refractivity contribution in [2.75, 3.05) is 11.1 Å². The summed E-state index contributed by atoms with van der Waals surface area (Å²) in [5.74, 6) is -0.703. The maximum atomic E-state index is 12.2. The quantitative estimate of drug-likeness (QED) is 0.817. The lowest BCUT2D eigenvalue weighted by Gasteiger charge is -2.03. The fourth-order valence-corrected chi connectivity index (χ4v) is 1.68. The van der Waals surface area contributed by atoms with E-state index in [2.05, 4.69) is 5.32 Å². The number of hydrogen-bond acceptors (Lipinski definition) is 3. The number of carbonyl (C=O) groups excluding carboxylic acids is 1. The van der Waals surface area contributed by atoms with Gasteiger partial charge in [-0.15, -0.1) is 3.89 Å². The molecule has 1 N–H and O–H groups in total. The van der Waals surface area contributed by atoms with E-state index in [-0.39, 0.29) is 12.3 Å². The summed E-state index contributed by atoms with van der Waals surface area (Å²) in [7, 11) is -4.42. The van der Waals surface area contributed by atoms with Crippen LogP contribution in [0, 0.1) is 0 Å². The molecular weight excluding hydrogens is 233 g/mol. The molecule has 0 unspecified atom stereocenters. The summed E-state index contributed by atoms with van der Waals surface area (Å²) in [6, 6.07) is 6.58. The van der Waals surface area contributed by atoms with Crippen molar-refractivity contribution in [1.29, 1.82) is 0 Å². The molecule has 1 aromatic carbocycles. The van der Waals surface area contributed by atoms with Crippen LogP contribution in [-0.2, 0) is 21.4 Å². The maximum Gasteiger partial charge on any atom is 0.302 e. The number of amides is 1. The first kappa shape index (κ1) is 12.6. The van der Waals surface area contributed by atoms with E-state index in [9.17, 15) is 17.1 Å². The van der Waals surface area contributed by atoms with E-state index in [4.69, 9.17) is 0 Å². The third-order valence-electron chi connectivity index (χ3n) is 1.91. The fraction of sp³-hybridized carbons (Fsp3) is 0.300. The zero-order valence-corrected chi connectivity index (χ0v) is 9.55. The lowest BCUT2D eigenvalue weighted by atomic mass is 10.1. The molecule has 6 heteroatoms. The first-order chi connectivity index (χ1) is 7.37. The molecule has 1 amide bonds. The Morgan fingerprint density at radius 3 is 2.31 bits per heavy atom. The van der Waals surface area contributed by atoms with Crippen molar-refractivity contribution in [3.63, 3.8) is 0 Å². The first-order valence-corrected chi connectivity index (χ1v) is 6.21. The standard InChI is InChI=1S/C10H12FNO3S/c1-8(13)12-10-4-2-9(3-5-10)6-7-16(11,14)15/h2-5H,6-7H2,1H3,(H,12,13). The highest BCUT2D eigenvalue weighted by atomic mass is 32.3. The average molecular weight is 245 g/mol. The number of rotatable bonds is 4. The van der Waals surface area contributed by atoms with Crippen LogP contribution in [0.25, 0.3) is 0 Å². The smallest absolute Gasteiger partial charge is 0.302 e. The van der Waals surface area contributed by atoms with Crippen molar-refractivity contribution in [2.45, 2.75) is 13.3 Å². The van der Waals surface area contributed by atoms with Gasteiger partial charge in [-0.2, -0.15) is 8.42 Å². The third-order valence-corrected chi connectivity index (χ3v) is 2.60. The van der Waals surface area contributed by atoms with Crippen molar-refractivity contribution >= 4 is 21.8 Å². The molecule has 0 aliphatic heterocycles. The van der Waals surface area contributed by atoms with Gasteiger partial charge in [-0.1, -0.05) is 12.1 Å². The molecule has 4 nitrogen and oxygen atoms in total. The Morgan fingerprint density at radius 1 is 1.31 bits per heavy atom. The molecule has 16 heavy (non-hydrogen) atoms. The number of carbonyl (C=O) groups is 1. The van der Waals surface area contributed by atoms with E-state index in [1.807, 2.05) is 0 Å². The Labute approximate surface area is 93.7 Å². The van der Waals surface area contributed by atoms with Crippen molar-refractivity contribution in [2.24, 2.45) is 0 Å². The van der Waals surface area contributed by atoms with Gasteiger partial charge in [0.05, 0.1) is 5.75 Å². The molecule has 0 aliphatic carbocycles. The maximum absolute atomic E-state index is 12.2. The van der Waals surface area contributed by atoms with Gasteiger partial charge in [0, 0.05) is 12.6 Å². The summed E-state index contributed by atoms with van der Waals surface area (Å²) < 4.78 is 32.8. The number of aryl methyl sites for hydroxylation is 1. The van der Waals surface area contributed by atoms with Gasteiger partial charge >= 0.3 is 10.2 Å². The van der Waals surface area contributed by atoms with E-state index in [0.29, 0.717) is 11.3 Å². The predicted molar refractivity (Wildman–Crippen MR) is 59.3 cm³/mol. The largest absolute Gasteiger partial charge is 0.326 e. The second kappa shape index (κ2) is 5.07. The molecule has 0 bridgehead atoms. The summed E-state index contributed by atoms with van der Waals surface area (Å²) >= 11 is 0. The van der Waals surface area contributed by atoms with Crippen molar-refractivity contribution in [3.05, 3.63) is 29.8 Å². The Balaban J connectivity index is 2.61. The van der Waals surface area contributed by atoms with Crippen LogP contribution in [0.2, 0.25) is 0 Å². The molecule has 0 atom stereocenters. The molecule has 1 rings (SSSR count). The molecule has 0 radical (unpaired) electrons. The summed E-state index contributed by atoms with van der Waals surface area (Å²) in [5, 5.41) is 2.57. The Kier molecular flexibility index (Phi) is 4.00. The van der Waals surface area contributed by atoms with Crippen LogP contribution in [-0.4, -0.2) is 20.1 Å². The van der Waals surface area contributed by atoms with Crippen molar-refractivity contribution < 1.29 is 17.1 Å². The van der Waals surface area contributed by atoms with Crippen LogP contribution in [0.15, 0.2) is 24.3 Å². The van der Waals surface area contributed by atoms with Crippen LogP contribution in [0.3, 0.4) is 0 Å². The van der Waals surface area contributed by atoms with E-state index in [0.717, 1.165) is 0 Å². The molecule has 88 valence electrons. The molecule has 0 spiro atoms. The molecule has 0 fully saturated rings. The Hall–Kier alpha value is -1.43. The second-order valence-electron chi connectivity index (χ2n) is 3.37. The molecule has 0 saturated heterocycles. The summed E-state index contributed by atoms with van der Waals surface area (Å²) in [4.78, 5) is 10.7. The molecular formula is C10H12FNO3S. The predicted octanol–water partition coefficient (Wildman–Crippen LogP) is 1.49. The third kappa shape index (κ3) is 4.88. The van der Waals surface area contributed by atoms with Gasteiger partial charge in [0.1, 0.15) is 0 Å². The van der Waals surface area contributed by atoms with Crippen LogP contribution < -0.4 is 5.32 Å². The highest BCUT2D eigenvalue weighted by Gasteiger charge is 2.07. The molecule has 0 aliphatic rings. The normalized spacial score (nSPS) is 11.1. The number of anilines is 1. The van der Waals surface area contributed by atoms with Gasteiger partial charge in [-0.3, -0.25) is 4.79 Å². The lowest BCUT2D eigenvalue weighted by molar-refractivity contribution is -0.114. The monoisotopic (exact) mass is 245 g/mol. The molecule has 0 aromatic heterocycles. The number of nitrogens with one attached hydrogen (secondary N) is 1. The van der Waals surface area contributed by atoms with E-state index < -0.39 is 16.0 Å². The van der Waals surface area contributed by atoms with Crippen LogP contribution >= 0.6 is 0 Å². The zero-order chi connectivity index (χ0) is 12.2. The van der Waals surface area contributed by atoms with Gasteiger partial charge in [-0.05, 0) is 24.1 Å². The zero-order valence-electron chi connectivity index (χ0n) is 8.73. The number of benzene rings is 1. The van der Waals surface area contributed by atoms with E-state index >= 15 is 0 Å². The second-order valence-corrected chi connectivity index (χ2v) is 4.86. The summed E-state index contributed by atoms with van der Waals surface area (Å²) in [6.45, 7) is 1.39. The summed E-state index contributed by atoms with van der Waals surface area (Å²) in [6.07, 6.45) is 0.124. The topological polar surface area (TPSA) is 63.2 Å². The van der Waals surface area contributed by atoms with Gasteiger partial charge < -0.3 is 5.32 Å². The van der Waals surface area contributed by atoms with Crippen LogP contribution in [0.5, 0.6) is 0 Å². The van der Waals surface area contributed by atoms with Crippen LogP contribution in [0.4, 0.5) is 9.57 Å². The van der Waals surface area contributed by atoms with Gasteiger partial charge in [0.15, 0.2) is 0 Å². The lowest BCUT2D eigenvalue weighted by Crippen LogP contribution is -2.06. The van der Waals surface area contributed by atoms with Crippen LogP contribution in [0.1, 0.15) is 12.5 Å². The molecule has 0 heterocycles. The fourth-order valence-electron chi connectivity index (χ4n) is 1.20. The van der Waals surface area contributed by atoms with Gasteiger partial charge in [0.2, 0.25) is 5.91 Å². The minimum absolute atomic E-state index is 0.124. The minimum atomic E-state index is -4.42. The molecule has 0 saturated carbocycles. The number of hydrogen-bond donors (Lipinski definition) is 1. The van der Waals surface area contributed by atoms with Crippen molar-refractivity contribution in [3.8, 4) is 0 Å². The average Bonchev–Trinajstić information content (AvgIpc) is 2.14. The van der Waals surface area contributed by atoms with E-state index in [1.165, 1.54) is 6.92 Å². The van der Waals surface area contributed by atoms with Gasteiger partial charge in [0.25, 0.3) is 0 Å². The van der Waals surface area contributed by atoms with Gasteiger partial charge in [-0.25, -0.2) is 0 Å². The highest BCUT2D eigenvalue weighted by molar-refractivity contribution is 7.86. The minimum Gasteiger partial charge on any atom is -0.326 e.